The summed E-state index contributed by atoms with van der Waals surface area (Å²) in [6.07, 6.45) is 9.86. The lowest BCUT2D eigenvalue weighted by molar-refractivity contribution is -0.120. The number of amides is 1. The Morgan fingerprint density at radius 3 is 2.50 bits per heavy atom. The van der Waals surface area contributed by atoms with Crippen molar-refractivity contribution in [3.63, 3.8) is 0 Å². The highest BCUT2D eigenvalue weighted by atomic mass is 16.4. The van der Waals surface area contributed by atoms with Crippen LogP contribution in [0.4, 0.5) is 5.69 Å². The number of aryl methyl sites for hydroxylation is 1. The number of hydrogen-bond donors (Lipinski definition) is 2. The highest BCUT2D eigenvalue weighted by Crippen LogP contribution is 2.42. The van der Waals surface area contributed by atoms with Crippen molar-refractivity contribution in [2.24, 2.45) is 5.41 Å². The van der Waals surface area contributed by atoms with Crippen LogP contribution in [0, 0.1) is 5.41 Å². The summed E-state index contributed by atoms with van der Waals surface area (Å²) in [5.41, 5.74) is 5.25. The molecule has 7 heteroatoms. The fourth-order valence-corrected chi connectivity index (χ4v) is 6.32. The number of carbonyl (C=O) groups excluding carboxylic acids is 2. The van der Waals surface area contributed by atoms with Gasteiger partial charge in [-0.05, 0) is 65.6 Å². The number of aromatic carboxylic acids is 1. The van der Waals surface area contributed by atoms with Crippen LogP contribution in [0.5, 0.6) is 0 Å². The quantitative estimate of drug-likeness (QED) is 0.172. The number of nitrogens with zero attached hydrogens (tertiary/aromatic N) is 2. The number of nitrogens with one attached hydrogen (secondary N) is 1. The summed E-state index contributed by atoms with van der Waals surface area (Å²) >= 11 is 0. The van der Waals surface area contributed by atoms with E-state index in [1.54, 1.807) is 12.1 Å². The van der Waals surface area contributed by atoms with Gasteiger partial charge in [-0.3, -0.25) is 4.79 Å². The predicted octanol–water partition coefficient (Wildman–Crippen LogP) is 7.66. The number of aromatic nitrogens is 2. The van der Waals surface area contributed by atoms with E-state index in [0.717, 1.165) is 84.9 Å². The minimum absolute atomic E-state index is 0.0485. The molecular formula is C35H39N3O4. The number of carbonyl (C=O) groups is 3. The molecule has 0 saturated heterocycles. The summed E-state index contributed by atoms with van der Waals surface area (Å²) in [4.78, 5) is 41.2. The molecule has 3 aromatic carbocycles. The highest BCUT2D eigenvalue weighted by molar-refractivity contribution is 5.96. The van der Waals surface area contributed by atoms with Crippen molar-refractivity contribution in [1.82, 2.24) is 9.55 Å². The van der Waals surface area contributed by atoms with E-state index < -0.39 is 5.97 Å². The van der Waals surface area contributed by atoms with Crippen LogP contribution in [-0.4, -0.2) is 32.8 Å². The molecule has 42 heavy (non-hydrogen) atoms. The fraction of sp³-hybridized carbons (Fsp3) is 0.371. The van der Waals surface area contributed by atoms with E-state index in [4.69, 9.17) is 4.98 Å². The normalized spacial score (nSPS) is 14.5. The van der Waals surface area contributed by atoms with E-state index >= 15 is 0 Å². The summed E-state index contributed by atoms with van der Waals surface area (Å²) in [7, 11) is 0. The van der Waals surface area contributed by atoms with Gasteiger partial charge in [0.05, 0.1) is 16.6 Å². The van der Waals surface area contributed by atoms with Crippen LogP contribution >= 0.6 is 0 Å². The van der Waals surface area contributed by atoms with Crippen molar-refractivity contribution in [1.29, 1.82) is 0 Å². The van der Waals surface area contributed by atoms with Gasteiger partial charge in [0.1, 0.15) is 12.1 Å². The smallest absolute Gasteiger partial charge is 0.336 e. The number of carboxylic acid groups (broad SMARTS) is 1. The van der Waals surface area contributed by atoms with Gasteiger partial charge in [0, 0.05) is 31.5 Å². The Balaban J connectivity index is 1.40. The first-order valence-corrected chi connectivity index (χ1v) is 15.1. The van der Waals surface area contributed by atoms with Crippen molar-refractivity contribution < 1.29 is 19.5 Å². The molecule has 5 rings (SSSR count). The molecule has 0 atom stereocenters. The van der Waals surface area contributed by atoms with Gasteiger partial charge < -0.3 is 19.8 Å². The van der Waals surface area contributed by atoms with Crippen LogP contribution in [0.2, 0.25) is 0 Å². The standard InChI is InChI=1S/C35H39N3O4/c1-2-3-11-32-37-30-17-16-27(36-33(40)23-35(20-21-39)18-7-4-8-19-35)22-31(30)38(32)24-25-12-14-26(15-13-25)28-9-5-6-10-29(28)34(41)42/h5-6,9-10,12-17,21-22H,2-4,7-8,11,18-20,23-24H2,1H3,(H,36,40)(H,41,42). The zero-order chi connectivity index (χ0) is 29.5. The molecule has 0 aliphatic heterocycles. The lowest BCUT2D eigenvalue weighted by Crippen LogP contribution is -2.30. The molecule has 4 aromatic rings. The molecule has 0 spiro atoms. The molecule has 1 amide bonds. The van der Waals surface area contributed by atoms with Crippen LogP contribution < -0.4 is 5.32 Å². The molecule has 1 aliphatic rings. The summed E-state index contributed by atoms with van der Waals surface area (Å²) in [6, 6.07) is 20.9. The molecule has 0 radical (unpaired) electrons. The molecule has 1 heterocycles. The van der Waals surface area contributed by atoms with E-state index in [1.165, 1.54) is 6.42 Å². The fourth-order valence-electron chi connectivity index (χ4n) is 6.32. The zero-order valence-corrected chi connectivity index (χ0v) is 24.3. The first-order valence-electron chi connectivity index (χ1n) is 15.1. The summed E-state index contributed by atoms with van der Waals surface area (Å²) in [6.45, 7) is 2.77. The number of unbranched alkanes of at least 4 members (excludes halogenated alkanes) is 1. The number of carboxylic acids is 1. The third kappa shape index (κ3) is 6.62. The third-order valence-corrected chi connectivity index (χ3v) is 8.59. The number of hydrogen-bond acceptors (Lipinski definition) is 4. The SMILES string of the molecule is CCCCc1nc2ccc(NC(=O)CC3(CC=O)CCCCC3)cc2n1Cc1ccc(-c2ccccc2C(=O)O)cc1. The first kappa shape index (κ1) is 29.2. The average Bonchev–Trinajstić information content (AvgIpc) is 3.33. The Morgan fingerprint density at radius 1 is 1.02 bits per heavy atom. The van der Waals surface area contributed by atoms with Crippen molar-refractivity contribution in [2.75, 3.05) is 5.32 Å². The highest BCUT2D eigenvalue weighted by Gasteiger charge is 2.34. The van der Waals surface area contributed by atoms with Crippen LogP contribution in [-0.2, 0) is 22.6 Å². The first-order chi connectivity index (χ1) is 20.4. The summed E-state index contributed by atoms with van der Waals surface area (Å²) in [5, 5.41) is 12.7. The van der Waals surface area contributed by atoms with Gasteiger partial charge in [0.25, 0.3) is 0 Å². The second kappa shape index (κ2) is 13.1. The molecule has 0 bridgehead atoms. The van der Waals surface area contributed by atoms with Gasteiger partial charge in [0.2, 0.25) is 5.91 Å². The van der Waals surface area contributed by atoms with Crippen LogP contribution in [0.1, 0.15) is 86.5 Å². The lowest BCUT2D eigenvalue weighted by atomic mass is 9.70. The monoisotopic (exact) mass is 565 g/mol. The summed E-state index contributed by atoms with van der Waals surface area (Å²) < 4.78 is 2.22. The molecule has 1 saturated carbocycles. The molecule has 7 nitrogen and oxygen atoms in total. The largest absolute Gasteiger partial charge is 0.478 e. The number of imidazole rings is 1. The van der Waals surface area contributed by atoms with Gasteiger partial charge in [-0.1, -0.05) is 75.1 Å². The Labute approximate surface area is 247 Å². The number of fused-ring (bicyclic) bond motifs is 1. The maximum absolute atomic E-state index is 13.1. The van der Waals surface area contributed by atoms with Crippen LogP contribution in [0.25, 0.3) is 22.2 Å². The molecule has 1 fully saturated rings. The van der Waals surface area contributed by atoms with Crippen LogP contribution in [0.3, 0.4) is 0 Å². The topological polar surface area (TPSA) is 101 Å². The molecule has 218 valence electrons. The van der Waals surface area contributed by atoms with Gasteiger partial charge in [-0.25, -0.2) is 9.78 Å². The van der Waals surface area contributed by atoms with Crippen molar-refractivity contribution in [3.05, 3.63) is 83.7 Å². The zero-order valence-electron chi connectivity index (χ0n) is 24.3. The molecule has 1 aliphatic carbocycles. The second-order valence-corrected chi connectivity index (χ2v) is 11.6. The van der Waals surface area contributed by atoms with Gasteiger partial charge in [-0.15, -0.1) is 0 Å². The van der Waals surface area contributed by atoms with Crippen molar-refractivity contribution in [2.45, 2.75) is 77.7 Å². The van der Waals surface area contributed by atoms with Gasteiger partial charge in [0.15, 0.2) is 0 Å². The van der Waals surface area contributed by atoms with E-state index in [9.17, 15) is 19.5 Å². The molecule has 2 N–H and O–H groups in total. The Hall–Kier alpha value is -4.26. The Bertz CT molecular complexity index is 1570. The van der Waals surface area contributed by atoms with Gasteiger partial charge in [-0.2, -0.15) is 0 Å². The molecule has 1 aromatic heterocycles. The minimum Gasteiger partial charge on any atom is -0.478 e. The minimum atomic E-state index is -0.944. The second-order valence-electron chi connectivity index (χ2n) is 11.6. The lowest BCUT2D eigenvalue weighted by Gasteiger charge is -2.35. The maximum Gasteiger partial charge on any atom is 0.336 e. The molecular weight excluding hydrogens is 526 g/mol. The Morgan fingerprint density at radius 2 is 1.79 bits per heavy atom. The number of benzene rings is 3. The van der Waals surface area contributed by atoms with Crippen molar-refractivity contribution in [3.8, 4) is 11.1 Å². The third-order valence-electron chi connectivity index (χ3n) is 8.59. The van der Waals surface area contributed by atoms with E-state index in [1.807, 2.05) is 54.6 Å². The number of rotatable bonds is 12. The van der Waals surface area contributed by atoms with Crippen LogP contribution in [0.15, 0.2) is 66.7 Å². The van der Waals surface area contributed by atoms with E-state index in [0.29, 0.717) is 24.9 Å². The van der Waals surface area contributed by atoms with E-state index in [2.05, 4.69) is 16.8 Å². The van der Waals surface area contributed by atoms with E-state index in [-0.39, 0.29) is 16.9 Å². The van der Waals surface area contributed by atoms with Crippen molar-refractivity contribution >= 4 is 34.9 Å². The maximum atomic E-state index is 13.1. The number of anilines is 1. The average molecular weight is 566 g/mol. The van der Waals surface area contributed by atoms with Gasteiger partial charge >= 0.3 is 5.97 Å². The molecule has 0 unspecified atom stereocenters. The predicted molar refractivity (Wildman–Crippen MR) is 166 cm³/mol. The number of aldehydes is 1. The Kier molecular flexibility index (Phi) is 9.15. The summed E-state index contributed by atoms with van der Waals surface area (Å²) in [5.74, 6) is 0.0102.